The quantitative estimate of drug-likeness (QED) is 0.729. The first kappa shape index (κ1) is 11.3. The van der Waals surface area contributed by atoms with Crippen molar-refractivity contribution in [2.24, 2.45) is 0 Å². The largest absolute Gasteiger partial charge is 0.316 e. The highest BCUT2D eigenvalue weighted by atomic mass is 35.5. The molecule has 4 nitrogen and oxygen atoms in total. The molecule has 0 aliphatic rings. The van der Waals surface area contributed by atoms with Crippen LogP contribution in [0.15, 0.2) is 30.3 Å². The van der Waals surface area contributed by atoms with Gasteiger partial charge in [0.2, 0.25) is 5.95 Å². The number of hydrogen-bond donors (Lipinski definition) is 1. The fourth-order valence-corrected chi connectivity index (χ4v) is 2.48. The molecule has 3 aromatic heterocycles. The van der Waals surface area contributed by atoms with E-state index in [4.69, 9.17) is 11.6 Å². The van der Waals surface area contributed by atoms with Gasteiger partial charge in [-0.05, 0) is 24.3 Å². The minimum atomic E-state index is -0.540. The monoisotopic (exact) mass is 280 g/mol. The molecule has 0 radical (unpaired) electrons. The van der Waals surface area contributed by atoms with Crippen LogP contribution in [0.5, 0.6) is 0 Å². The predicted molar refractivity (Wildman–Crippen MR) is 69.9 cm³/mol. The summed E-state index contributed by atoms with van der Waals surface area (Å²) in [7, 11) is 0. The lowest BCUT2D eigenvalue weighted by molar-refractivity contribution is 0.585. The summed E-state index contributed by atoms with van der Waals surface area (Å²) >= 11 is 7.13. The van der Waals surface area contributed by atoms with E-state index in [9.17, 15) is 4.39 Å². The Bertz CT molecular complexity index is 715. The van der Waals surface area contributed by atoms with Gasteiger partial charge in [-0.25, -0.2) is 15.0 Å². The molecule has 3 heterocycles. The molecular weight excluding hydrogens is 275 g/mol. The second kappa shape index (κ2) is 4.47. The van der Waals surface area contributed by atoms with E-state index in [1.165, 1.54) is 17.4 Å². The maximum Gasteiger partial charge on any atom is 0.214 e. The van der Waals surface area contributed by atoms with E-state index in [2.05, 4.69) is 20.3 Å². The van der Waals surface area contributed by atoms with Crippen molar-refractivity contribution in [2.75, 3.05) is 5.32 Å². The van der Waals surface area contributed by atoms with Gasteiger partial charge >= 0.3 is 0 Å². The Hall–Kier alpha value is -1.79. The van der Waals surface area contributed by atoms with Crippen LogP contribution in [0.3, 0.4) is 0 Å². The molecule has 3 aromatic rings. The molecule has 0 saturated heterocycles. The van der Waals surface area contributed by atoms with Crippen LogP contribution in [0.1, 0.15) is 0 Å². The van der Waals surface area contributed by atoms with Gasteiger partial charge in [-0.1, -0.05) is 29.0 Å². The molecule has 0 spiro atoms. The number of nitrogens with zero attached hydrogens (tertiary/aromatic N) is 3. The van der Waals surface area contributed by atoms with E-state index in [0.29, 0.717) is 16.1 Å². The minimum Gasteiger partial charge on any atom is -0.316 e. The molecule has 0 amide bonds. The summed E-state index contributed by atoms with van der Waals surface area (Å²) < 4.78 is 12.9. The highest BCUT2D eigenvalue weighted by Gasteiger charge is 2.06. The Morgan fingerprint density at radius 1 is 1.11 bits per heavy atom. The van der Waals surface area contributed by atoms with E-state index in [1.807, 2.05) is 0 Å². The SMILES string of the molecule is Fc1cccc(Nc2nc3ccc(Cl)nc3s2)n1. The topological polar surface area (TPSA) is 50.7 Å². The zero-order chi connectivity index (χ0) is 12.5. The molecule has 0 fully saturated rings. The molecule has 18 heavy (non-hydrogen) atoms. The molecule has 0 bridgehead atoms. The number of halogens is 2. The number of anilines is 2. The Labute approximate surface area is 110 Å². The van der Waals surface area contributed by atoms with Crippen molar-refractivity contribution >= 4 is 44.2 Å². The number of rotatable bonds is 2. The number of nitrogens with one attached hydrogen (secondary N) is 1. The van der Waals surface area contributed by atoms with Gasteiger partial charge in [-0.3, -0.25) is 0 Å². The van der Waals surface area contributed by atoms with Gasteiger partial charge in [-0.2, -0.15) is 4.39 Å². The number of pyridine rings is 2. The van der Waals surface area contributed by atoms with Crippen LogP contribution in [0.4, 0.5) is 15.3 Å². The molecule has 0 saturated carbocycles. The standard InChI is InChI=1S/C11H6ClFN4S/c12-7-5-4-6-10(15-7)18-11(14-6)17-9-3-1-2-8(13)16-9/h1-5H,(H,14,16,17). The Morgan fingerprint density at radius 3 is 2.83 bits per heavy atom. The van der Waals surface area contributed by atoms with E-state index < -0.39 is 5.95 Å². The van der Waals surface area contributed by atoms with E-state index in [0.717, 1.165) is 10.3 Å². The van der Waals surface area contributed by atoms with E-state index in [-0.39, 0.29) is 0 Å². The summed E-state index contributed by atoms with van der Waals surface area (Å²) in [5.74, 6) is -0.137. The summed E-state index contributed by atoms with van der Waals surface area (Å²) in [5, 5.41) is 3.94. The zero-order valence-corrected chi connectivity index (χ0v) is 10.5. The molecule has 0 aromatic carbocycles. The first-order valence-electron chi connectivity index (χ1n) is 5.03. The lowest BCUT2D eigenvalue weighted by Gasteiger charge is -1.99. The van der Waals surface area contributed by atoms with Crippen molar-refractivity contribution in [2.45, 2.75) is 0 Å². The average molecular weight is 281 g/mol. The summed E-state index contributed by atoms with van der Waals surface area (Å²) in [6.07, 6.45) is 0. The molecular formula is C11H6ClFN4S. The second-order valence-electron chi connectivity index (χ2n) is 3.45. The maximum atomic E-state index is 12.9. The van der Waals surface area contributed by atoms with Crippen LogP contribution < -0.4 is 5.32 Å². The number of hydrogen-bond acceptors (Lipinski definition) is 5. The fraction of sp³-hybridized carbons (Fsp3) is 0. The third-order valence-electron chi connectivity index (χ3n) is 2.17. The van der Waals surface area contributed by atoms with Crippen molar-refractivity contribution in [1.29, 1.82) is 0 Å². The Morgan fingerprint density at radius 2 is 2.00 bits per heavy atom. The predicted octanol–water partition coefficient (Wildman–Crippen LogP) is 3.62. The van der Waals surface area contributed by atoms with Crippen LogP contribution in [0.25, 0.3) is 10.3 Å². The van der Waals surface area contributed by atoms with Gasteiger partial charge < -0.3 is 5.32 Å². The van der Waals surface area contributed by atoms with Crippen molar-refractivity contribution in [1.82, 2.24) is 15.0 Å². The third kappa shape index (κ3) is 2.25. The van der Waals surface area contributed by atoms with Gasteiger partial charge in [0, 0.05) is 0 Å². The van der Waals surface area contributed by atoms with Crippen molar-refractivity contribution in [3.63, 3.8) is 0 Å². The van der Waals surface area contributed by atoms with Crippen molar-refractivity contribution < 1.29 is 4.39 Å². The average Bonchev–Trinajstić information content (AvgIpc) is 2.70. The molecule has 0 unspecified atom stereocenters. The van der Waals surface area contributed by atoms with Gasteiger partial charge in [0.25, 0.3) is 0 Å². The van der Waals surface area contributed by atoms with Crippen molar-refractivity contribution in [3.8, 4) is 0 Å². The van der Waals surface area contributed by atoms with Crippen LogP contribution in [-0.2, 0) is 0 Å². The number of fused-ring (bicyclic) bond motifs is 1. The van der Waals surface area contributed by atoms with Gasteiger partial charge in [0.15, 0.2) is 5.13 Å². The molecule has 3 rings (SSSR count). The van der Waals surface area contributed by atoms with Gasteiger partial charge in [0.1, 0.15) is 21.3 Å². The molecule has 90 valence electrons. The molecule has 1 N–H and O–H groups in total. The normalized spacial score (nSPS) is 10.8. The van der Waals surface area contributed by atoms with Gasteiger partial charge in [-0.15, -0.1) is 0 Å². The highest BCUT2D eigenvalue weighted by Crippen LogP contribution is 2.27. The maximum absolute atomic E-state index is 12.9. The summed E-state index contributed by atoms with van der Waals surface area (Å²) in [6, 6.07) is 7.98. The third-order valence-corrected chi connectivity index (χ3v) is 3.26. The minimum absolute atomic E-state index is 0.403. The summed E-state index contributed by atoms with van der Waals surface area (Å²) in [6.45, 7) is 0. The van der Waals surface area contributed by atoms with Crippen LogP contribution in [-0.4, -0.2) is 15.0 Å². The first-order valence-corrected chi connectivity index (χ1v) is 6.23. The van der Waals surface area contributed by atoms with Crippen LogP contribution >= 0.6 is 22.9 Å². The fourth-order valence-electron chi connectivity index (χ4n) is 1.44. The molecule has 0 aliphatic carbocycles. The molecule has 7 heteroatoms. The highest BCUT2D eigenvalue weighted by molar-refractivity contribution is 7.21. The Kier molecular flexibility index (Phi) is 2.81. The van der Waals surface area contributed by atoms with Gasteiger partial charge in [0.05, 0.1) is 0 Å². The summed E-state index contributed by atoms with van der Waals surface area (Å²) in [4.78, 5) is 12.9. The van der Waals surface area contributed by atoms with E-state index in [1.54, 1.807) is 24.3 Å². The first-order chi connectivity index (χ1) is 8.70. The smallest absolute Gasteiger partial charge is 0.214 e. The van der Waals surface area contributed by atoms with Crippen LogP contribution in [0.2, 0.25) is 5.15 Å². The second-order valence-corrected chi connectivity index (χ2v) is 4.81. The summed E-state index contributed by atoms with van der Waals surface area (Å²) in [5.41, 5.74) is 0.739. The van der Waals surface area contributed by atoms with Crippen LogP contribution in [0, 0.1) is 5.95 Å². The Balaban J connectivity index is 1.95. The molecule has 0 aliphatic heterocycles. The van der Waals surface area contributed by atoms with Crippen molar-refractivity contribution in [3.05, 3.63) is 41.4 Å². The number of aromatic nitrogens is 3. The lowest BCUT2D eigenvalue weighted by atomic mass is 10.4. The lowest BCUT2D eigenvalue weighted by Crippen LogP contribution is -1.93. The zero-order valence-electron chi connectivity index (χ0n) is 8.89. The number of thiazole rings is 1. The molecule has 0 atom stereocenters. The van der Waals surface area contributed by atoms with E-state index >= 15 is 0 Å².